The van der Waals surface area contributed by atoms with Crippen molar-refractivity contribution in [2.75, 3.05) is 19.8 Å². The highest BCUT2D eigenvalue weighted by atomic mass is 16.5. The Kier molecular flexibility index (Phi) is 7.31. The molecule has 0 bridgehead atoms. The molecule has 8 nitrogen and oxygen atoms in total. The van der Waals surface area contributed by atoms with Crippen molar-refractivity contribution < 1.29 is 9.47 Å². The molecule has 0 spiro atoms. The highest BCUT2D eigenvalue weighted by Gasteiger charge is 2.34. The first-order valence-corrected chi connectivity index (χ1v) is 10.6. The zero-order valence-corrected chi connectivity index (χ0v) is 18.7. The molecule has 8 heteroatoms. The number of fused-ring (bicyclic) bond motifs is 1. The minimum Gasteiger partial charge on any atom is -0.487 e. The van der Waals surface area contributed by atoms with Gasteiger partial charge in [0.2, 0.25) is 0 Å². The zero-order chi connectivity index (χ0) is 21.6. The van der Waals surface area contributed by atoms with E-state index in [1.54, 1.807) is 0 Å². The number of hydrogen-bond donors (Lipinski definition) is 2. The second kappa shape index (κ2) is 9.93. The van der Waals surface area contributed by atoms with Crippen molar-refractivity contribution >= 4 is 5.96 Å². The molecule has 1 atom stereocenters. The number of aromatic nitrogens is 3. The summed E-state index contributed by atoms with van der Waals surface area (Å²) in [6, 6.07) is 8.29. The molecule has 0 amide bonds. The summed E-state index contributed by atoms with van der Waals surface area (Å²) in [7, 11) is 1.96. The predicted octanol–water partition coefficient (Wildman–Crippen LogP) is 2.89. The average molecular weight is 415 g/mol. The van der Waals surface area contributed by atoms with Crippen LogP contribution in [-0.2, 0) is 18.3 Å². The number of aliphatic imine (C=N–C) groups is 1. The Bertz CT molecular complexity index is 861. The molecule has 0 saturated carbocycles. The fourth-order valence-corrected chi connectivity index (χ4v) is 3.51. The number of ether oxygens (including phenoxy) is 2. The molecule has 1 aliphatic heterocycles. The number of guanidine groups is 1. The maximum atomic E-state index is 6.17. The van der Waals surface area contributed by atoms with E-state index in [-0.39, 0.29) is 11.6 Å². The zero-order valence-electron chi connectivity index (χ0n) is 18.7. The summed E-state index contributed by atoms with van der Waals surface area (Å²) in [6.45, 7) is 10.9. The van der Waals surface area contributed by atoms with Gasteiger partial charge in [0.25, 0.3) is 0 Å². The van der Waals surface area contributed by atoms with Gasteiger partial charge in [-0.15, -0.1) is 10.2 Å². The SMILES string of the molecule is CCOCCCNC(=NCc1nnc(C)n1C)NC1CC(C)(C)Oc2ccccc21. The molecule has 164 valence electrons. The van der Waals surface area contributed by atoms with Gasteiger partial charge in [-0.3, -0.25) is 0 Å². The minimum absolute atomic E-state index is 0.101. The van der Waals surface area contributed by atoms with Gasteiger partial charge in [0.1, 0.15) is 23.7 Å². The van der Waals surface area contributed by atoms with Gasteiger partial charge in [-0.2, -0.15) is 0 Å². The van der Waals surface area contributed by atoms with E-state index in [1.165, 1.54) is 0 Å². The third-order valence-corrected chi connectivity index (χ3v) is 5.21. The Morgan fingerprint density at radius 1 is 1.33 bits per heavy atom. The van der Waals surface area contributed by atoms with E-state index in [4.69, 9.17) is 14.5 Å². The molecule has 0 fully saturated rings. The lowest BCUT2D eigenvalue weighted by atomic mass is 9.90. The number of aryl methyl sites for hydroxylation is 1. The Balaban J connectivity index is 1.75. The average Bonchev–Trinajstić information content (AvgIpc) is 3.03. The molecule has 2 aromatic rings. The van der Waals surface area contributed by atoms with Crippen LogP contribution in [0.2, 0.25) is 0 Å². The molecule has 2 heterocycles. The highest BCUT2D eigenvalue weighted by Crippen LogP contribution is 2.39. The summed E-state index contributed by atoms with van der Waals surface area (Å²) in [6.07, 6.45) is 1.75. The Morgan fingerprint density at radius 3 is 2.87 bits per heavy atom. The second-order valence-electron chi connectivity index (χ2n) is 8.17. The molecule has 1 unspecified atom stereocenters. The van der Waals surface area contributed by atoms with Crippen molar-refractivity contribution in [2.45, 2.75) is 58.7 Å². The molecule has 2 N–H and O–H groups in total. The molecule has 3 rings (SSSR count). The third kappa shape index (κ3) is 5.72. The summed E-state index contributed by atoms with van der Waals surface area (Å²) in [5.41, 5.74) is 0.891. The molecule has 1 aliphatic rings. The molecular weight excluding hydrogens is 380 g/mol. The van der Waals surface area contributed by atoms with Crippen molar-refractivity contribution in [1.82, 2.24) is 25.4 Å². The molecule has 0 saturated heterocycles. The van der Waals surface area contributed by atoms with E-state index in [2.05, 4.69) is 40.7 Å². The number of hydrogen-bond acceptors (Lipinski definition) is 5. The maximum Gasteiger partial charge on any atom is 0.192 e. The van der Waals surface area contributed by atoms with E-state index in [0.717, 1.165) is 61.5 Å². The maximum absolute atomic E-state index is 6.17. The molecule has 1 aromatic heterocycles. The fraction of sp³-hybridized carbons (Fsp3) is 0.591. The van der Waals surface area contributed by atoms with Crippen LogP contribution >= 0.6 is 0 Å². The first-order chi connectivity index (χ1) is 14.4. The van der Waals surface area contributed by atoms with E-state index < -0.39 is 0 Å². The Hall–Kier alpha value is -2.61. The van der Waals surface area contributed by atoms with Gasteiger partial charge in [0.15, 0.2) is 11.8 Å². The quantitative estimate of drug-likeness (QED) is 0.392. The van der Waals surface area contributed by atoms with Gasteiger partial charge in [-0.25, -0.2) is 4.99 Å². The van der Waals surface area contributed by atoms with Crippen molar-refractivity contribution in [1.29, 1.82) is 0 Å². The lowest BCUT2D eigenvalue weighted by Gasteiger charge is -2.38. The van der Waals surface area contributed by atoms with Gasteiger partial charge in [0, 0.05) is 38.8 Å². The summed E-state index contributed by atoms with van der Waals surface area (Å²) in [5.74, 6) is 3.38. The van der Waals surface area contributed by atoms with E-state index in [9.17, 15) is 0 Å². The summed E-state index contributed by atoms with van der Waals surface area (Å²) < 4.78 is 13.6. The van der Waals surface area contributed by atoms with Crippen LogP contribution < -0.4 is 15.4 Å². The van der Waals surface area contributed by atoms with E-state index >= 15 is 0 Å². The Morgan fingerprint density at radius 2 is 2.13 bits per heavy atom. The van der Waals surface area contributed by atoms with Gasteiger partial charge < -0.3 is 24.7 Å². The number of para-hydroxylation sites is 1. The first-order valence-electron chi connectivity index (χ1n) is 10.6. The van der Waals surface area contributed by atoms with Crippen LogP contribution in [0, 0.1) is 6.92 Å². The first kappa shape index (κ1) is 22.1. The number of nitrogens with one attached hydrogen (secondary N) is 2. The summed E-state index contributed by atoms with van der Waals surface area (Å²) in [5, 5.41) is 15.4. The number of benzene rings is 1. The van der Waals surface area contributed by atoms with Crippen LogP contribution in [-0.4, -0.2) is 46.1 Å². The lowest BCUT2D eigenvalue weighted by molar-refractivity contribution is 0.0694. The molecular formula is C22H34N6O2. The smallest absolute Gasteiger partial charge is 0.192 e. The summed E-state index contributed by atoms with van der Waals surface area (Å²) >= 11 is 0. The van der Waals surface area contributed by atoms with Crippen LogP contribution in [0.25, 0.3) is 0 Å². The Labute approximate surface area is 179 Å². The minimum atomic E-state index is -0.257. The van der Waals surface area contributed by atoms with Crippen molar-refractivity contribution in [3.8, 4) is 5.75 Å². The van der Waals surface area contributed by atoms with Crippen molar-refractivity contribution in [3.63, 3.8) is 0 Å². The largest absolute Gasteiger partial charge is 0.487 e. The van der Waals surface area contributed by atoms with E-state index in [0.29, 0.717) is 6.54 Å². The second-order valence-corrected chi connectivity index (χ2v) is 8.17. The lowest BCUT2D eigenvalue weighted by Crippen LogP contribution is -2.45. The number of nitrogens with zero attached hydrogens (tertiary/aromatic N) is 4. The van der Waals surface area contributed by atoms with Crippen LogP contribution in [0.15, 0.2) is 29.3 Å². The van der Waals surface area contributed by atoms with Gasteiger partial charge in [-0.05, 0) is 40.2 Å². The van der Waals surface area contributed by atoms with Crippen LogP contribution in [0.5, 0.6) is 5.75 Å². The third-order valence-electron chi connectivity index (χ3n) is 5.21. The predicted molar refractivity (Wildman–Crippen MR) is 118 cm³/mol. The fourth-order valence-electron chi connectivity index (χ4n) is 3.51. The molecule has 0 radical (unpaired) electrons. The van der Waals surface area contributed by atoms with Gasteiger partial charge in [0.05, 0.1) is 6.04 Å². The molecule has 30 heavy (non-hydrogen) atoms. The van der Waals surface area contributed by atoms with Gasteiger partial charge >= 0.3 is 0 Å². The topological polar surface area (TPSA) is 85.6 Å². The molecule has 1 aromatic carbocycles. The van der Waals surface area contributed by atoms with Crippen molar-refractivity contribution in [2.24, 2.45) is 12.0 Å². The molecule has 0 aliphatic carbocycles. The van der Waals surface area contributed by atoms with Crippen LogP contribution in [0.3, 0.4) is 0 Å². The monoisotopic (exact) mass is 414 g/mol. The van der Waals surface area contributed by atoms with Gasteiger partial charge in [-0.1, -0.05) is 18.2 Å². The normalized spacial score (nSPS) is 17.9. The van der Waals surface area contributed by atoms with Crippen LogP contribution in [0.1, 0.15) is 56.9 Å². The standard InChI is InChI=1S/C22H34N6O2/c1-6-29-13-9-12-23-21(24-15-20-27-26-16(2)28(20)5)25-18-14-22(3,4)30-19-11-8-7-10-17(18)19/h7-8,10-11,18H,6,9,12-15H2,1-5H3,(H2,23,24,25). The van der Waals surface area contributed by atoms with E-state index in [1.807, 2.05) is 43.7 Å². The number of rotatable bonds is 8. The summed E-state index contributed by atoms with van der Waals surface area (Å²) in [4.78, 5) is 4.79. The van der Waals surface area contributed by atoms with Crippen molar-refractivity contribution in [3.05, 3.63) is 41.5 Å². The van der Waals surface area contributed by atoms with Crippen LogP contribution in [0.4, 0.5) is 0 Å². The highest BCUT2D eigenvalue weighted by molar-refractivity contribution is 5.80.